The molecule has 1 rings (SSSR count). The summed E-state index contributed by atoms with van der Waals surface area (Å²) in [5, 5.41) is 11.6. The molecule has 0 radical (unpaired) electrons. The molecule has 0 saturated carbocycles. The van der Waals surface area contributed by atoms with Gasteiger partial charge in [-0.2, -0.15) is 13.2 Å². The minimum Gasteiger partial charge on any atom is -0.390 e. The summed E-state index contributed by atoms with van der Waals surface area (Å²) in [6.45, 7) is 0.408. The number of rotatable bonds is 1. The van der Waals surface area contributed by atoms with Crippen LogP contribution < -0.4 is 0 Å². The van der Waals surface area contributed by atoms with E-state index in [1.165, 1.54) is 0 Å². The molecule has 1 heterocycles. The zero-order valence-corrected chi connectivity index (χ0v) is 6.35. The number of aliphatic hydroxyl groups excluding tert-OH is 1. The van der Waals surface area contributed by atoms with Crippen LogP contribution in [0.2, 0.25) is 0 Å². The molecule has 0 saturated heterocycles. The molecule has 3 nitrogen and oxygen atoms in total. The van der Waals surface area contributed by atoms with Gasteiger partial charge in [0.1, 0.15) is 0 Å². The van der Waals surface area contributed by atoms with E-state index < -0.39 is 24.8 Å². The molecule has 0 aromatic heterocycles. The van der Waals surface area contributed by atoms with E-state index in [4.69, 9.17) is 5.11 Å². The second kappa shape index (κ2) is 2.62. The highest BCUT2D eigenvalue weighted by atomic mass is 19.4. The average molecular weight is 183 g/mol. The predicted molar refractivity (Wildman–Crippen MR) is 34.7 cm³/mol. The highest BCUT2D eigenvalue weighted by Crippen LogP contribution is 2.39. The smallest absolute Gasteiger partial charge is 0.390 e. The van der Waals surface area contributed by atoms with Crippen molar-refractivity contribution in [3.8, 4) is 0 Å². The van der Waals surface area contributed by atoms with Crippen molar-refractivity contribution in [2.75, 3.05) is 6.61 Å². The van der Waals surface area contributed by atoms with E-state index in [0.717, 1.165) is 6.92 Å². The third-order valence-corrected chi connectivity index (χ3v) is 1.70. The Bertz CT molecular complexity index is 213. The van der Waals surface area contributed by atoms with Crippen LogP contribution in [0.5, 0.6) is 0 Å². The summed E-state index contributed by atoms with van der Waals surface area (Å²) in [4.78, 5) is 4.21. The van der Waals surface area contributed by atoms with E-state index >= 15 is 0 Å². The van der Waals surface area contributed by atoms with Gasteiger partial charge in [0.05, 0.1) is 12.3 Å². The predicted octanol–water partition coefficient (Wildman–Crippen LogP) is 1.08. The van der Waals surface area contributed by atoms with Gasteiger partial charge in [-0.1, -0.05) is 5.16 Å². The van der Waals surface area contributed by atoms with Crippen molar-refractivity contribution >= 4 is 5.71 Å². The molecule has 6 heteroatoms. The number of hydrogen-bond donors (Lipinski definition) is 1. The lowest BCUT2D eigenvalue weighted by atomic mass is 10.00. The SMILES string of the molecule is CC1(C(F)(F)F)CC(CO)=NO1. The van der Waals surface area contributed by atoms with Gasteiger partial charge < -0.3 is 9.94 Å². The summed E-state index contributed by atoms with van der Waals surface area (Å²) in [5.74, 6) is 0. The summed E-state index contributed by atoms with van der Waals surface area (Å²) in [7, 11) is 0. The fourth-order valence-electron chi connectivity index (χ4n) is 0.856. The Morgan fingerprint density at radius 1 is 1.67 bits per heavy atom. The fraction of sp³-hybridized carbons (Fsp3) is 0.833. The van der Waals surface area contributed by atoms with Crippen molar-refractivity contribution in [1.82, 2.24) is 0 Å². The summed E-state index contributed by atoms with van der Waals surface area (Å²) in [6.07, 6.45) is -4.85. The molecule has 70 valence electrons. The van der Waals surface area contributed by atoms with Crippen LogP contribution in [0.3, 0.4) is 0 Å². The monoisotopic (exact) mass is 183 g/mol. The van der Waals surface area contributed by atoms with Crippen molar-refractivity contribution in [3.05, 3.63) is 0 Å². The van der Waals surface area contributed by atoms with E-state index in [2.05, 4.69) is 9.99 Å². The maximum atomic E-state index is 12.2. The van der Waals surface area contributed by atoms with Crippen LogP contribution in [-0.2, 0) is 4.84 Å². The molecule has 1 aliphatic rings. The molecule has 1 unspecified atom stereocenters. The van der Waals surface area contributed by atoms with Crippen molar-refractivity contribution < 1.29 is 23.1 Å². The molecule has 1 N–H and O–H groups in total. The molecule has 0 spiro atoms. The molecule has 0 fully saturated rings. The first-order valence-electron chi connectivity index (χ1n) is 3.30. The Balaban J connectivity index is 2.70. The summed E-state index contributed by atoms with van der Waals surface area (Å²) >= 11 is 0. The van der Waals surface area contributed by atoms with Crippen LogP contribution in [0.1, 0.15) is 13.3 Å². The van der Waals surface area contributed by atoms with Crippen molar-refractivity contribution in [1.29, 1.82) is 0 Å². The molecule has 0 aliphatic carbocycles. The first kappa shape index (κ1) is 9.31. The topological polar surface area (TPSA) is 41.8 Å². The Morgan fingerprint density at radius 2 is 2.25 bits per heavy atom. The normalized spacial score (nSPS) is 29.9. The highest BCUT2D eigenvalue weighted by molar-refractivity contribution is 5.87. The van der Waals surface area contributed by atoms with Crippen LogP contribution in [0.15, 0.2) is 5.16 Å². The minimum absolute atomic E-state index is 0.0230. The van der Waals surface area contributed by atoms with Gasteiger partial charge in [-0.3, -0.25) is 0 Å². The standard InChI is InChI=1S/C6H8F3NO2/c1-5(6(7,8)9)2-4(3-11)10-12-5/h11H,2-3H2,1H3. The number of oxime groups is 1. The lowest BCUT2D eigenvalue weighted by Gasteiger charge is -2.23. The number of halogens is 3. The lowest BCUT2D eigenvalue weighted by molar-refractivity contribution is -0.261. The lowest BCUT2D eigenvalue weighted by Crippen LogP contribution is -2.42. The minimum atomic E-state index is -4.45. The van der Waals surface area contributed by atoms with Crippen LogP contribution in [-0.4, -0.2) is 29.2 Å². The fourth-order valence-corrected chi connectivity index (χ4v) is 0.856. The van der Waals surface area contributed by atoms with Crippen molar-refractivity contribution in [2.24, 2.45) is 5.16 Å². The van der Waals surface area contributed by atoms with Crippen molar-refractivity contribution in [3.63, 3.8) is 0 Å². The number of aliphatic hydroxyl groups is 1. The molecule has 0 aromatic rings. The second-order valence-corrected chi connectivity index (χ2v) is 2.81. The number of hydrogen-bond acceptors (Lipinski definition) is 3. The van der Waals surface area contributed by atoms with Gasteiger partial charge in [-0.05, 0) is 6.92 Å². The van der Waals surface area contributed by atoms with E-state index in [1.807, 2.05) is 0 Å². The van der Waals surface area contributed by atoms with Gasteiger partial charge in [0, 0.05) is 6.42 Å². The maximum Gasteiger partial charge on any atom is 0.431 e. The first-order valence-corrected chi connectivity index (χ1v) is 3.30. The molecular formula is C6H8F3NO2. The zero-order valence-electron chi connectivity index (χ0n) is 6.35. The summed E-state index contributed by atoms with van der Waals surface area (Å²) < 4.78 is 36.5. The summed E-state index contributed by atoms with van der Waals surface area (Å²) in [6, 6.07) is 0. The molecule has 1 aliphatic heterocycles. The van der Waals surface area contributed by atoms with Gasteiger partial charge in [-0.25, -0.2) is 0 Å². The maximum absolute atomic E-state index is 12.2. The first-order chi connectivity index (χ1) is 5.39. The Morgan fingerprint density at radius 3 is 2.50 bits per heavy atom. The second-order valence-electron chi connectivity index (χ2n) is 2.81. The molecular weight excluding hydrogens is 175 g/mol. The van der Waals surface area contributed by atoms with E-state index in [-0.39, 0.29) is 5.71 Å². The van der Waals surface area contributed by atoms with Gasteiger partial charge in [0.25, 0.3) is 0 Å². The van der Waals surface area contributed by atoms with Gasteiger partial charge >= 0.3 is 6.18 Å². The Kier molecular flexibility index (Phi) is 2.03. The van der Waals surface area contributed by atoms with Crippen LogP contribution in [0.4, 0.5) is 13.2 Å². The van der Waals surface area contributed by atoms with Crippen LogP contribution in [0, 0.1) is 0 Å². The highest BCUT2D eigenvalue weighted by Gasteiger charge is 2.57. The molecule has 1 atom stereocenters. The summed E-state index contributed by atoms with van der Waals surface area (Å²) in [5.41, 5.74) is -2.24. The molecule has 0 bridgehead atoms. The number of alkyl halides is 3. The molecule has 0 amide bonds. The van der Waals surface area contributed by atoms with Crippen molar-refractivity contribution in [2.45, 2.75) is 25.1 Å². The van der Waals surface area contributed by atoms with Gasteiger partial charge in [-0.15, -0.1) is 0 Å². The quantitative estimate of drug-likeness (QED) is 0.660. The van der Waals surface area contributed by atoms with Gasteiger partial charge in [0.2, 0.25) is 5.60 Å². The van der Waals surface area contributed by atoms with Crippen LogP contribution >= 0.6 is 0 Å². The molecule has 0 aromatic carbocycles. The zero-order chi connectivity index (χ0) is 9.41. The average Bonchev–Trinajstić information content (AvgIpc) is 2.31. The molecule has 12 heavy (non-hydrogen) atoms. The largest absolute Gasteiger partial charge is 0.431 e. The van der Waals surface area contributed by atoms with Crippen LogP contribution in [0.25, 0.3) is 0 Å². The number of nitrogens with zero attached hydrogens (tertiary/aromatic N) is 1. The Labute approximate surface area is 66.8 Å². The Hall–Kier alpha value is -0.780. The third-order valence-electron chi connectivity index (χ3n) is 1.70. The van der Waals surface area contributed by atoms with Gasteiger partial charge in [0.15, 0.2) is 0 Å². The van der Waals surface area contributed by atoms with E-state index in [0.29, 0.717) is 0 Å². The van der Waals surface area contributed by atoms with E-state index in [9.17, 15) is 13.2 Å². The van der Waals surface area contributed by atoms with E-state index in [1.54, 1.807) is 0 Å². The third kappa shape index (κ3) is 1.38.